The van der Waals surface area contributed by atoms with Gasteiger partial charge < -0.3 is 9.84 Å². The Balaban J connectivity index is 2.17. The molecule has 1 N–H and O–H groups in total. The SMILES string of the molecule is O=C(O)c1cncnc1COc1ccc(Br)cc1Cl. The second kappa shape index (κ2) is 5.99. The van der Waals surface area contributed by atoms with E-state index in [4.69, 9.17) is 21.4 Å². The highest BCUT2D eigenvalue weighted by atomic mass is 79.9. The standard InChI is InChI=1S/C12H8BrClN2O3/c13-7-1-2-11(9(14)3-7)19-5-10-8(12(17)18)4-15-6-16-10/h1-4,6H,5H2,(H,17,18). The first kappa shape index (κ1) is 13.8. The van der Waals surface area contributed by atoms with Gasteiger partial charge in [-0.05, 0) is 18.2 Å². The smallest absolute Gasteiger partial charge is 0.339 e. The maximum atomic E-state index is 11.0. The molecule has 0 spiro atoms. The van der Waals surface area contributed by atoms with Crippen LogP contribution in [-0.2, 0) is 6.61 Å². The first-order valence-corrected chi connectivity index (χ1v) is 6.35. The Morgan fingerprint density at radius 2 is 2.26 bits per heavy atom. The average molecular weight is 344 g/mol. The van der Waals surface area contributed by atoms with E-state index in [0.717, 1.165) is 4.47 Å². The van der Waals surface area contributed by atoms with E-state index in [-0.39, 0.29) is 12.2 Å². The summed E-state index contributed by atoms with van der Waals surface area (Å²) in [5, 5.41) is 9.42. The topological polar surface area (TPSA) is 72.3 Å². The molecule has 2 aromatic rings. The number of benzene rings is 1. The summed E-state index contributed by atoms with van der Waals surface area (Å²) in [6.45, 7) is 0.00546. The van der Waals surface area contributed by atoms with Crippen molar-refractivity contribution in [2.75, 3.05) is 0 Å². The molecule has 0 unspecified atom stereocenters. The summed E-state index contributed by atoms with van der Waals surface area (Å²) in [4.78, 5) is 18.5. The van der Waals surface area contributed by atoms with Crippen LogP contribution in [0.5, 0.6) is 5.75 Å². The number of carboxylic acids is 1. The average Bonchev–Trinajstić information content (AvgIpc) is 2.38. The Morgan fingerprint density at radius 1 is 1.47 bits per heavy atom. The fourth-order valence-corrected chi connectivity index (χ4v) is 2.11. The van der Waals surface area contributed by atoms with Crippen molar-refractivity contribution in [3.63, 3.8) is 0 Å². The third-order valence-electron chi connectivity index (χ3n) is 2.28. The number of aromatic carboxylic acids is 1. The first-order valence-electron chi connectivity index (χ1n) is 5.18. The largest absolute Gasteiger partial charge is 0.486 e. The van der Waals surface area contributed by atoms with Crippen molar-refractivity contribution in [2.45, 2.75) is 6.61 Å². The molecule has 0 saturated carbocycles. The van der Waals surface area contributed by atoms with Crippen molar-refractivity contribution in [3.8, 4) is 5.75 Å². The van der Waals surface area contributed by atoms with Crippen LogP contribution in [0.1, 0.15) is 16.1 Å². The van der Waals surface area contributed by atoms with Gasteiger partial charge in [-0.3, -0.25) is 0 Å². The number of hydrogen-bond acceptors (Lipinski definition) is 4. The Hall–Kier alpha value is -1.66. The van der Waals surface area contributed by atoms with Crippen LogP contribution >= 0.6 is 27.5 Å². The molecule has 1 aromatic carbocycles. The number of ether oxygens (including phenoxy) is 1. The van der Waals surface area contributed by atoms with Crippen molar-refractivity contribution in [1.29, 1.82) is 0 Å². The Bertz CT molecular complexity index is 622. The molecule has 0 aliphatic rings. The molecule has 1 heterocycles. The third-order valence-corrected chi connectivity index (χ3v) is 3.07. The van der Waals surface area contributed by atoms with Gasteiger partial charge in [-0.25, -0.2) is 14.8 Å². The zero-order valence-electron chi connectivity index (χ0n) is 9.51. The number of hydrogen-bond donors (Lipinski definition) is 1. The summed E-state index contributed by atoms with van der Waals surface area (Å²) < 4.78 is 6.29. The monoisotopic (exact) mass is 342 g/mol. The Morgan fingerprint density at radius 3 is 2.95 bits per heavy atom. The lowest BCUT2D eigenvalue weighted by Gasteiger charge is -2.09. The van der Waals surface area contributed by atoms with Crippen LogP contribution in [0.3, 0.4) is 0 Å². The minimum absolute atomic E-state index is 0.00546. The lowest BCUT2D eigenvalue weighted by Crippen LogP contribution is -2.08. The van der Waals surface area contributed by atoms with Gasteiger partial charge in [0.1, 0.15) is 24.2 Å². The van der Waals surface area contributed by atoms with Crippen molar-refractivity contribution >= 4 is 33.5 Å². The fraction of sp³-hybridized carbons (Fsp3) is 0.0833. The minimum Gasteiger partial charge on any atom is -0.486 e. The molecule has 1 aromatic heterocycles. The second-order valence-electron chi connectivity index (χ2n) is 3.55. The van der Waals surface area contributed by atoms with Crippen LogP contribution in [0.2, 0.25) is 5.02 Å². The summed E-state index contributed by atoms with van der Waals surface area (Å²) >= 11 is 9.28. The fourth-order valence-electron chi connectivity index (χ4n) is 1.39. The van der Waals surface area contributed by atoms with Gasteiger partial charge in [0.05, 0.1) is 10.7 Å². The zero-order valence-corrected chi connectivity index (χ0v) is 11.8. The van der Waals surface area contributed by atoms with E-state index in [1.165, 1.54) is 12.5 Å². The van der Waals surface area contributed by atoms with Gasteiger partial charge in [0.15, 0.2) is 0 Å². The quantitative estimate of drug-likeness (QED) is 0.923. The molecule has 19 heavy (non-hydrogen) atoms. The third kappa shape index (κ3) is 3.42. The van der Waals surface area contributed by atoms with Gasteiger partial charge in [0.2, 0.25) is 0 Å². The molecule has 98 valence electrons. The molecule has 0 fully saturated rings. The number of carboxylic acid groups (broad SMARTS) is 1. The predicted molar refractivity (Wildman–Crippen MR) is 72.5 cm³/mol. The van der Waals surface area contributed by atoms with Crippen molar-refractivity contribution in [3.05, 3.63) is 51.5 Å². The summed E-state index contributed by atoms with van der Waals surface area (Å²) in [5.41, 5.74) is 0.303. The van der Waals surface area contributed by atoms with E-state index in [2.05, 4.69) is 25.9 Å². The molecule has 0 atom stereocenters. The normalized spacial score (nSPS) is 10.2. The molecule has 0 radical (unpaired) electrons. The maximum Gasteiger partial charge on any atom is 0.339 e. The number of nitrogens with zero attached hydrogens (tertiary/aromatic N) is 2. The lowest BCUT2D eigenvalue weighted by molar-refractivity contribution is 0.0692. The highest BCUT2D eigenvalue weighted by Crippen LogP contribution is 2.28. The number of halogens is 2. The molecular formula is C12H8BrClN2O3. The van der Waals surface area contributed by atoms with Crippen molar-refractivity contribution in [1.82, 2.24) is 9.97 Å². The van der Waals surface area contributed by atoms with Gasteiger partial charge >= 0.3 is 5.97 Å². The van der Waals surface area contributed by atoms with Crippen LogP contribution in [0.4, 0.5) is 0 Å². The van der Waals surface area contributed by atoms with Crippen LogP contribution in [-0.4, -0.2) is 21.0 Å². The molecule has 0 aliphatic carbocycles. The van der Waals surface area contributed by atoms with Crippen molar-refractivity contribution in [2.24, 2.45) is 0 Å². The summed E-state index contributed by atoms with van der Waals surface area (Å²) in [7, 11) is 0. The molecule has 0 aliphatic heterocycles. The van der Waals surface area contributed by atoms with Gasteiger partial charge in [-0.1, -0.05) is 27.5 Å². The van der Waals surface area contributed by atoms with E-state index < -0.39 is 5.97 Å². The zero-order chi connectivity index (χ0) is 13.8. The van der Waals surface area contributed by atoms with Gasteiger partial charge in [-0.15, -0.1) is 0 Å². The van der Waals surface area contributed by atoms with Gasteiger partial charge in [0.25, 0.3) is 0 Å². The van der Waals surface area contributed by atoms with Crippen LogP contribution in [0.25, 0.3) is 0 Å². The number of rotatable bonds is 4. The van der Waals surface area contributed by atoms with Crippen LogP contribution < -0.4 is 4.74 Å². The molecule has 7 heteroatoms. The lowest BCUT2D eigenvalue weighted by atomic mass is 10.2. The van der Waals surface area contributed by atoms with Gasteiger partial charge in [-0.2, -0.15) is 0 Å². The van der Waals surface area contributed by atoms with Crippen molar-refractivity contribution < 1.29 is 14.6 Å². The van der Waals surface area contributed by atoms with E-state index in [0.29, 0.717) is 16.5 Å². The van der Waals surface area contributed by atoms with Gasteiger partial charge in [0, 0.05) is 10.7 Å². The van der Waals surface area contributed by atoms with E-state index in [9.17, 15) is 4.79 Å². The molecule has 2 rings (SSSR count). The first-order chi connectivity index (χ1) is 9.08. The van der Waals surface area contributed by atoms with E-state index in [1.807, 2.05) is 0 Å². The van der Waals surface area contributed by atoms with Crippen LogP contribution in [0.15, 0.2) is 35.2 Å². The van der Waals surface area contributed by atoms with Crippen LogP contribution in [0, 0.1) is 0 Å². The number of aromatic nitrogens is 2. The van der Waals surface area contributed by atoms with E-state index in [1.54, 1.807) is 18.2 Å². The Kier molecular flexibility index (Phi) is 4.34. The molecule has 5 nitrogen and oxygen atoms in total. The highest BCUT2D eigenvalue weighted by molar-refractivity contribution is 9.10. The maximum absolute atomic E-state index is 11.0. The number of carbonyl (C=O) groups is 1. The van der Waals surface area contributed by atoms with E-state index >= 15 is 0 Å². The molecular weight excluding hydrogens is 336 g/mol. The predicted octanol–water partition coefficient (Wildman–Crippen LogP) is 3.17. The summed E-state index contributed by atoms with van der Waals surface area (Å²) in [6, 6.07) is 5.16. The molecule has 0 amide bonds. The summed E-state index contributed by atoms with van der Waals surface area (Å²) in [6.07, 6.45) is 2.51. The minimum atomic E-state index is -1.10. The molecule has 0 saturated heterocycles. The highest BCUT2D eigenvalue weighted by Gasteiger charge is 2.12. The Labute approximate surface area is 122 Å². The second-order valence-corrected chi connectivity index (χ2v) is 4.87. The molecule has 0 bridgehead atoms. The summed E-state index contributed by atoms with van der Waals surface area (Å²) in [5.74, 6) is -0.638.